The van der Waals surface area contributed by atoms with Crippen LogP contribution in [0.4, 0.5) is 0 Å². The number of hydrogen-bond acceptors (Lipinski definition) is 6. The number of nitrogens with two attached hydrogens (primary N) is 1. The summed E-state index contributed by atoms with van der Waals surface area (Å²) in [4.78, 5) is 12.1. The normalized spacial score (nSPS) is 10.5. The maximum Gasteiger partial charge on any atom is 0.343 e. The highest BCUT2D eigenvalue weighted by Crippen LogP contribution is 2.28. The number of nitrogens with zero attached hydrogens (tertiary/aromatic N) is 1. The lowest BCUT2D eigenvalue weighted by molar-refractivity contribution is 0.0729. The molecular formula is C16H16N2O4. The van der Waals surface area contributed by atoms with Crippen molar-refractivity contribution in [3.05, 3.63) is 53.6 Å². The van der Waals surface area contributed by atoms with Crippen molar-refractivity contribution < 1.29 is 19.0 Å². The summed E-state index contributed by atoms with van der Waals surface area (Å²) in [5.41, 5.74) is 1.15. The minimum atomic E-state index is -0.485. The zero-order valence-electron chi connectivity index (χ0n) is 12.3. The molecule has 114 valence electrons. The Morgan fingerprint density at radius 2 is 1.77 bits per heavy atom. The number of benzene rings is 2. The first-order valence-electron chi connectivity index (χ1n) is 6.45. The van der Waals surface area contributed by atoms with E-state index >= 15 is 0 Å². The SMILES string of the molecule is COc1ccc(C(=O)Oc2ccc(/C=N\N)cc2OC)cc1. The highest BCUT2D eigenvalue weighted by Gasteiger charge is 2.12. The van der Waals surface area contributed by atoms with Crippen molar-refractivity contribution in [2.45, 2.75) is 0 Å². The molecule has 0 spiro atoms. The molecule has 0 atom stereocenters. The van der Waals surface area contributed by atoms with Gasteiger partial charge in [-0.25, -0.2) is 4.79 Å². The lowest BCUT2D eigenvalue weighted by Crippen LogP contribution is -2.09. The summed E-state index contributed by atoms with van der Waals surface area (Å²) >= 11 is 0. The van der Waals surface area contributed by atoms with Crippen molar-refractivity contribution in [3.63, 3.8) is 0 Å². The Hall–Kier alpha value is -3.02. The number of ether oxygens (including phenoxy) is 3. The van der Waals surface area contributed by atoms with E-state index in [4.69, 9.17) is 20.1 Å². The van der Waals surface area contributed by atoms with Crippen LogP contribution in [0.15, 0.2) is 47.6 Å². The van der Waals surface area contributed by atoms with Crippen LogP contribution in [0.25, 0.3) is 0 Å². The number of carbonyl (C=O) groups is 1. The van der Waals surface area contributed by atoms with Crippen LogP contribution in [0.1, 0.15) is 15.9 Å². The van der Waals surface area contributed by atoms with E-state index in [1.165, 1.54) is 13.3 Å². The molecule has 0 radical (unpaired) electrons. The van der Waals surface area contributed by atoms with Crippen molar-refractivity contribution in [2.75, 3.05) is 14.2 Å². The molecule has 6 nitrogen and oxygen atoms in total. The molecule has 2 rings (SSSR count). The Morgan fingerprint density at radius 3 is 2.36 bits per heavy atom. The van der Waals surface area contributed by atoms with Gasteiger partial charge in [0.1, 0.15) is 5.75 Å². The van der Waals surface area contributed by atoms with Crippen LogP contribution >= 0.6 is 0 Å². The van der Waals surface area contributed by atoms with Crippen LogP contribution in [0, 0.1) is 0 Å². The summed E-state index contributed by atoms with van der Waals surface area (Å²) in [6, 6.07) is 11.6. The van der Waals surface area contributed by atoms with E-state index in [9.17, 15) is 4.79 Å². The quantitative estimate of drug-likeness (QED) is 0.301. The number of esters is 1. The molecule has 2 aromatic carbocycles. The summed E-state index contributed by atoms with van der Waals surface area (Å²) in [6.45, 7) is 0. The van der Waals surface area contributed by atoms with Crippen molar-refractivity contribution in [3.8, 4) is 17.2 Å². The average Bonchev–Trinajstić information content (AvgIpc) is 2.56. The number of hydrazone groups is 1. The smallest absolute Gasteiger partial charge is 0.343 e. The van der Waals surface area contributed by atoms with E-state index in [-0.39, 0.29) is 0 Å². The number of carbonyl (C=O) groups excluding carboxylic acids is 1. The van der Waals surface area contributed by atoms with Gasteiger partial charge in [-0.15, -0.1) is 0 Å². The minimum absolute atomic E-state index is 0.317. The van der Waals surface area contributed by atoms with Gasteiger partial charge in [-0.2, -0.15) is 5.10 Å². The van der Waals surface area contributed by atoms with Crippen molar-refractivity contribution in [1.29, 1.82) is 0 Å². The van der Waals surface area contributed by atoms with Crippen LogP contribution in [-0.2, 0) is 0 Å². The van der Waals surface area contributed by atoms with E-state index < -0.39 is 5.97 Å². The fraction of sp³-hybridized carbons (Fsp3) is 0.125. The fourth-order valence-corrected chi connectivity index (χ4v) is 1.82. The van der Waals surface area contributed by atoms with Gasteiger partial charge >= 0.3 is 5.97 Å². The fourth-order valence-electron chi connectivity index (χ4n) is 1.82. The minimum Gasteiger partial charge on any atom is -0.497 e. The van der Waals surface area contributed by atoms with Gasteiger partial charge in [0, 0.05) is 0 Å². The zero-order chi connectivity index (χ0) is 15.9. The zero-order valence-corrected chi connectivity index (χ0v) is 12.3. The van der Waals surface area contributed by atoms with Gasteiger partial charge in [-0.1, -0.05) is 0 Å². The second kappa shape index (κ2) is 7.12. The first-order chi connectivity index (χ1) is 10.7. The van der Waals surface area contributed by atoms with Gasteiger partial charge in [0.25, 0.3) is 0 Å². The summed E-state index contributed by atoms with van der Waals surface area (Å²) in [7, 11) is 3.05. The topological polar surface area (TPSA) is 83.1 Å². The van der Waals surface area contributed by atoms with Crippen molar-refractivity contribution in [1.82, 2.24) is 0 Å². The third kappa shape index (κ3) is 3.54. The Balaban J connectivity index is 2.19. The second-order valence-corrected chi connectivity index (χ2v) is 4.31. The Labute approximate surface area is 128 Å². The molecule has 2 N–H and O–H groups in total. The third-order valence-corrected chi connectivity index (χ3v) is 2.94. The van der Waals surface area contributed by atoms with Gasteiger partial charge < -0.3 is 20.1 Å². The molecule has 0 saturated heterocycles. The summed E-state index contributed by atoms with van der Waals surface area (Å²) in [5.74, 6) is 6.02. The summed E-state index contributed by atoms with van der Waals surface area (Å²) in [6.07, 6.45) is 1.47. The molecule has 0 unspecified atom stereocenters. The molecule has 22 heavy (non-hydrogen) atoms. The molecule has 0 aliphatic rings. The number of methoxy groups -OCH3 is 2. The molecule has 0 bridgehead atoms. The highest BCUT2D eigenvalue weighted by molar-refractivity contribution is 5.91. The molecule has 6 heteroatoms. The van der Waals surface area contributed by atoms with E-state index in [0.717, 1.165) is 5.56 Å². The second-order valence-electron chi connectivity index (χ2n) is 4.31. The highest BCUT2D eigenvalue weighted by atomic mass is 16.6. The van der Waals surface area contributed by atoms with Crippen LogP contribution in [0.2, 0.25) is 0 Å². The van der Waals surface area contributed by atoms with Crippen LogP contribution in [0.5, 0.6) is 17.2 Å². The Kier molecular flexibility index (Phi) is 4.98. The van der Waals surface area contributed by atoms with Crippen molar-refractivity contribution in [2.24, 2.45) is 10.9 Å². The van der Waals surface area contributed by atoms with Gasteiger partial charge in [-0.3, -0.25) is 0 Å². The maximum atomic E-state index is 12.1. The first-order valence-corrected chi connectivity index (χ1v) is 6.45. The standard InChI is InChI=1S/C16H16N2O4/c1-20-13-6-4-12(5-7-13)16(19)22-14-8-3-11(10-18-17)9-15(14)21-2/h3-10H,17H2,1-2H3/b18-10-. The maximum absolute atomic E-state index is 12.1. The average molecular weight is 300 g/mol. The number of hydrogen-bond donors (Lipinski definition) is 1. The molecule has 0 amide bonds. The van der Waals surface area contributed by atoms with Crippen LogP contribution in [-0.4, -0.2) is 26.4 Å². The van der Waals surface area contributed by atoms with Gasteiger partial charge in [0.2, 0.25) is 0 Å². The van der Waals surface area contributed by atoms with E-state index in [0.29, 0.717) is 22.8 Å². The third-order valence-electron chi connectivity index (χ3n) is 2.94. The molecule has 0 aromatic heterocycles. The predicted molar refractivity (Wildman–Crippen MR) is 82.7 cm³/mol. The van der Waals surface area contributed by atoms with Crippen LogP contribution < -0.4 is 20.1 Å². The predicted octanol–water partition coefficient (Wildman–Crippen LogP) is 2.22. The van der Waals surface area contributed by atoms with Crippen LogP contribution in [0.3, 0.4) is 0 Å². The lowest BCUT2D eigenvalue weighted by atomic mass is 10.2. The van der Waals surface area contributed by atoms with Crippen molar-refractivity contribution >= 4 is 12.2 Å². The summed E-state index contributed by atoms with van der Waals surface area (Å²) in [5, 5.41) is 3.44. The Bertz CT molecular complexity index is 681. The van der Waals surface area contributed by atoms with Gasteiger partial charge in [-0.05, 0) is 48.0 Å². The molecule has 0 fully saturated rings. The van der Waals surface area contributed by atoms with Gasteiger partial charge in [0.15, 0.2) is 11.5 Å². The van der Waals surface area contributed by atoms with E-state index in [2.05, 4.69) is 5.10 Å². The molecule has 0 aliphatic carbocycles. The monoisotopic (exact) mass is 300 g/mol. The lowest BCUT2D eigenvalue weighted by Gasteiger charge is -2.10. The molecule has 0 aliphatic heterocycles. The van der Waals surface area contributed by atoms with E-state index in [1.54, 1.807) is 49.6 Å². The first kappa shape index (κ1) is 15.4. The Morgan fingerprint density at radius 1 is 1.05 bits per heavy atom. The largest absolute Gasteiger partial charge is 0.497 e. The molecular weight excluding hydrogens is 284 g/mol. The van der Waals surface area contributed by atoms with Gasteiger partial charge in [0.05, 0.1) is 26.0 Å². The number of rotatable bonds is 5. The molecule has 0 saturated carbocycles. The molecule has 0 heterocycles. The summed E-state index contributed by atoms with van der Waals surface area (Å²) < 4.78 is 15.6. The molecule has 2 aromatic rings. The van der Waals surface area contributed by atoms with E-state index in [1.807, 2.05) is 0 Å².